The van der Waals surface area contributed by atoms with Crippen LogP contribution in [0.2, 0.25) is 20.1 Å². The monoisotopic (exact) mass is 383 g/mol. The van der Waals surface area contributed by atoms with Gasteiger partial charge >= 0.3 is 0 Å². The Labute approximate surface area is 152 Å². The van der Waals surface area contributed by atoms with Crippen molar-refractivity contribution in [3.63, 3.8) is 0 Å². The van der Waals surface area contributed by atoms with Crippen LogP contribution in [0.25, 0.3) is 22.5 Å². The topological polar surface area (TPSA) is 32.9 Å². The molecule has 0 amide bonds. The van der Waals surface area contributed by atoms with E-state index in [9.17, 15) is 4.79 Å². The first-order valence-electron chi connectivity index (χ1n) is 6.59. The molecule has 3 aromatic rings. The first kappa shape index (κ1) is 16.4. The summed E-state index contributed by atoms with van der Waals surface area (Å²) in [6.07, 6.45) is 0. The van der Waals surface area contributed by atoms with Crippen LogP contribution < -0.4 is 5.43 Å². The summed E-state index contributed by atoms with van der Waals surface area (Å²) in [5, 5.41) is 2.02. The van der Waals surface area contributed by atoms with Crippen LogP contribution >= 0.6 is 46.4 Å². The van der Waals surface area contributed by atoms with Gasteiger partial charge in [-0.2, -0.15) is 0 Å². The van der Waals surface area contributed by atoms with Gasteiger partial charge in [0.15, 0.2) is 5.43 Å². The molecule has 0 saturated heterocycles. The van der Waals surface area contributed by atoms with Gasteiger partial charge in [-0.1, -0.05) is 46.4 Å². The van der Waals surface area contributed by atoms with E-state index in [0.29, 0.717) is 42.6 Å². The maximum atomic E-state index is 12.1. The molecule has 0 aliphatic heterocycles. The molecule has 0 bridgehead atoms. The van der Waals surface area contributed by atoms with E-state index in [2.05, 4.69) is 4.98 Å². The van der Waals surface area contributed by atoms with Crippen molar-refractivity contribution in [3.05, 3.63) is 78.8 Å². The Morgan fingerprint density at radius 2 is 1.09 bits per heavy atom. The fourth-order valence-electron chi connectivity index (χ4n) is 2.24. The number of hydrogen-bond acceptors (Lipinski definition) is 1. The highest BCUT2D eigenvalue weighted by molar-refractivity contribution is 6.36. The lowest BCUT2D eigenvalue weighted by atomic mass is 10.1. The Bertz CT molecular complexity index is 877. The largest absolute Gasteiger partial charge is 0.354 e. The molecule has 116 valence electrons. The molecular formula is C17H9Cl4NO. The van der Waals surface area contributed by atoms with Gasteiger partial charge in [0.2, 0.25) is 0 Å². The van der Waals surface area contributed by atoms with Crippen molar-refractivity contribution >= 4 is 46.4 Å². The second kappa shape index (κ2) is 6.58. The highest BCUT2D eigenvalue weighted by Crippen LogP contribution is 2.32. The molecule has 1 heterocycles. The van der Waals surface area contributed by atoms with E-state index in [4.69, 9.17) is 46.4 Å². The van der Waals surface area contributed by atoms with Gasteiger partial charge in [0.25, 0.3) is 0 Å². The van der Waals surface area contributed by atoms with E-state index >= 15 is 0 Å². The van der Waals surface area contributed by atoms with Crippen molar-refractivity contribution in [2.45, 2.75) is 0 Å². The lowest BCUT2D eigenvalue weighted by Gasteiger charge is -2.10. The molecule has 23 heavy (non-hydrogen) atoms. The summed E-state index contributed by atoms with van der Waals surface area (Å²) < 4.78 is 0. The van der Waals surface area contributed by atoms with Crippen LogP contribution in [-0.4, -0.2) is 4.98 Å². The van der Waals surface area contributed by atoms with Crippen molar-refractivity contribution in [2.24, 2.45) is 0 Å². The number of benzene rings is 2. The minimum absolute atomic E-state index is 0.180. The number of H-pyrrole nitrogens is 1. The fourth-order valence-corrected chi connectivity index (χ4v) is 3.02. The van der Waals surface area contributed by atoms with Gasteiger partial charge in [0.05, 0.1) is 11.4 Å². The summed E-state index contributed by atoms with van der Waals surface area (Å²) in [7, 11) is 0. The van der Waals surface area contributed by atoms with Gasteiger partial charge in [0, 0.05) is 43.4 Å². The van der Waals surface area contributed by atoms with Crippen LogP contribution in [0.3, 0.4) is 0 Å². The van der Waals surface area contributed by atoms with E-state index in [0.717, 1.165) is 0 Å². The van der Waals surface area contributed by atoms with Crippen molar-refractivity contribution in [3.8, 4) is 22.5 Å². The van der Waals surface area contributed by atoms with Crippen LogP contribution in [0.4, 0.5) is 0 Å². The molecule has 2 aromatic carbocycles. The second-order valence-electron chi connectivity index (χ2n) is 4.89. The number of pyridine rings is 1. The molecule has 0 radical (unpaired) electrons. The maximum Gasteiger partial charge on any atom is 0.182 e. The molecule has 0 saturated carbocycles. The average Bonchev–Trinajstić information content (AvgIpc) is 2.51. The Morgan fingerprint density at radius 3 is 1.52 bits per heavy atom. The predicted molar refractivity (Wildman–Crippen MR) is 98.0 cm³/mol. The summed E-state index contributed by atoms with van der Waals surface area (Å²) in [4.78, 5) is 15.2. The smallest absolute Gasteiger partial charge is 0.182 e. The van der Waals surface area contributed by atoms with Crippen LogP contribution in [0.15, 0.2) is 53.3 Å². The van der Waals surface area contributed by atoms with E-state index in [1.807, 2.05) is 0 Å². The van der Waals surface area contributed by atoms with Crippen molar-refractivity contribution in [1.82, 2.24) is 4.98 Å². The third-order valence-corrected chi connectivity index (χ3v) is 4.41. The molecule has 1 aromatic heterocycles. The third kappa shape index (κ3) is 3.56. The standard InChI is InChI=1S/C17H9Cl4NO/c18-9-1-3-14(20)12(5-9)16-7-11(23)8-17(22-16)13-6-10(19)2-4-15(13)21/h1-8H,(H,22,23). The van der Waals surface area contributed by atoms with Gasteiger partial charge in [0.1, 0.15) is 0 Å². The Kier molecular flexibility index (Phi) is 4.69. The van der Waals surface area contributed by atoms with Crippen molar-refractivity contribution < 1.29 is 0 Å². The zero-order valence-electron chi connectivity index (χ0n) is 11.5. The van der Waals surface area contributed by atoms with E-state index in [-0.39, 0.29) is 5.43 Å². The van der Waals surface area contributed by atoms with Gasteiger partial charge in [-0.25, -0.2) is 0 Å². The van der Waals surface area contributed by atoms with Crippen LogP contribution in [-0.2, 0) is 0 Å². The zero-order chi connectivity index (χ0) is 16.6. The summed E-state index contributed by atoms with van der Waals surface area (Å²) in [5.74, 6) is 0. The minimum atomic E-state index is -0.180. The number of halogens is 4. The zero-order valence-corrected chi connectivity index (χ0v) is 14.6. The first-order chi connectivity index (χ1) is 10.9. The molecule has 0 aliphatic rings. The fraction of sp³-hybridized carbons (Fsp3) is 0. The normalized spacial score (nSPS) is 10.8. The highest BCUT2D eigenvalue weighted by Gasteiger charge is 2.11. The van der Waals surface area contributed by atoms with Gasteiger partial charge in [-0.15, -0.1) is 0 Å². The van der Waals surface area contributed by atoms with Crippen LogP contribution in [0, 0.1) is 0 Å². The molecule has 3 rings (SSSR count). The Hall–Kier alpha value is -1.45. The van der Waals surface area contributed by atoms with Gasteiger partial charge in [-0.05, 0) is 36.4 Å². The lowest BCUT2D eigenvalue weighted by molar-refractivity contribution is 1.30. The van der Waals surface area contributed by atoms with Crippen LogP contribution in [0.1, 0.15) is 0 Å². The highest BCUT2D eigenvalue weighted by atomic mass is 35.5. The molecule has 2 nitrogen and oxygen atoms in total. The lowest BCUT2D eigenvalue weighted by Crippen LogP contribution is -2.02. The molecule has 0 aliphatic carbocycles. The quantitative estimate of drug-likeness (QED) is 0.550. The summed E-state index contributed by atoms with van der Waals surface area (Å²) >= 11 is 24.5. The first-order valence-corrected chi connectivity index (χ1v) is 8.10. The molecule has 0 fully saturated rings. The molecular weight excluding hydrogens is 376 g/mol. The van der Waals surface area contributed by atoms with E-state index < -0.39 is 0 Å². The van der Waals surface area contributed by atoms with Crippen LogP contribution in [0.5, 0.6) is 0 Å². The van der Waals surface area contributed by atoms with Gasteiger partial charge in [-0.3, -0.25) is 4.79 Å². The maximum absolute atomic E-state index is 12.1. The van der Waals surface area contributed by atoms with Crippen molar-refractivity contribution in [2.75, 3.05) is 0 Å². The number of nitrogens with one attached hydrogen (secondary N) is 1. The SMILES string of the molecule is O=c1cc(-c2cc(Cl)ccc2Cl)[nH]c(-c2cc(Cl)ccc2Cl)c1. The van der Waals surface area contributed by atoms with E-state index in [1.54, 1.807) is 36.4 Å². The van der Waals surface area contributed by atoms with E-state index in [1.165, 1.54) is 12.1 Å². The third-order valence-electron chi connectivity index (χ3n) is 3.28. The number of aromatic nitrogens is 1. The molecule has 6 heteroatoms. The predicted octanol–water partition coefficient (Wildman–Crippen LogP) is 6.32. The molecule has 0 unspecified atom stereocenters. The number of aromatic amines is 1. The van der Waals surface area contributed by atoms with Crippen molar-refractivity contribution in [1.29, 1.82) is 0 Å². The summed E-state index contributed by atoms with van der Waals surface area (Å²) in [6, 6.07) is 13.0. The summed E-state index contributed by atoms with van der Waals surface area (Å²) in [5.41, 5.74) is 2.19. The van der Waals surface area contributed by atoms with Gasteiger partial charge < -0.3 is 4.98 Å². The summed E-state index contributed by atoms with van der Waals surface area (Å²) in [6.45, 7) is 0. The Morgan fingerprint density at radius 1 is 0.652 bits per heavy atom. The second-order valence-corrected chi connectivity index (χ2v) is 6.58. The molecule has 0 spiro atoms. The average molecular weight is 385 g/mol. The number of rotatable bonds is 2. The molecule has 0 atom stereocenters. The number of hydrogen-bond donors (Lipinski definition) is 1. The Balaban J connectivity index is 2.22. The molecule has 1 N–H and O–H groups in total. The minimum Gasteiger partial charge on any atom is -0.354 e.